The normalized spacial score (nSPS) is 10.1. The number of Topliss-reactive ketones (excluding diaryl/α,β-unsaturated/α-hetero) is 1. The molecule has 0 N–H and O–H groups in total. The third-order valence-corrected chi connectivity index (χ3v) is 2.69. The van der Waals surface area contributed by atoms with E-state index in [0.717, 1.165) is 5.56 Å². The molecule has 0 unspecified atom stereocenters. The zero-order valence-electron chi connectivity index (χ0n) is 10.0. The number of ketones is 1. The van der Waals surface area contributed by atoms with Gasteiger partial charge in [-0.3, -0.25) is 4.79 Å². The molecule has 18 heavy (non-hydrogen) atoms. The summed E-state index contributed by atoms with van der Waals surface area (Å²) >= 11 is 0. The molecular weight excluding hydrogens is 231 g/mol. The van der Waals surface area contributed by atoms with Crippen molar-refractivity contribution in [3.63, 3.8) is 0 Å². The van der Waals surface area contributed by atoms with Crippen LogP contribution in [0.15, 0.2) is 48.5 Å². The Morgan fingerprint density at radius 3 is 2.50 bits per heavy atom. The maximum atomic E-state index is 13.9. The zero-order chi connectivity index (χ0) is 13.0. The summed E-state index contributed by atoms with van der Waals surface area (Å²) in [7, 11) is 1.38. The van der Waals surface area contributed by atoms with Crippen LogP contribution in [0.4, 0.5) is 4.39 Å². The van der Waals surface area contributed by atoms with Crippen molar-refractivity contribution in [2.75, 3.05) is 7.11 Å². The van der Waals surface area contributed by atoms with Gasteiger partial charge in [0.1, 0.15) is 0 Å². The van der Waals surface area contributed by atoms with Crippen LogP contribution in [-0.2, 0) is 6.42 Å². The lowest BCUT2D eigenvalue weighted by molar-refractivity contribution is 0.0988. The Balaban J connectivity index is 2.24. The predicted octanol–water partition coefficient (Wildman–Crippen LogP) is 3.26. The third kappa shape index (κ3) is 2.56. The van der Waals surface area contributed by atoms with Gasteiger partial charge in [0.05, 0.1) is 12.7 Å². The van der Waals surface area contributed by atoms with E-state index in [4.69, 9.17) is 4.74 Å². The molecular formula is C15H13FO2. The maximum Gasteiger partial charge on any atom is 0.175 e. The van der Waals surface area contributed by atoms with Gasteiger partial charge in [0.15, 0.2) is 17.3 Å². The predicted molar refractivity (Wildman–Crippen MR) is 67.4 cm³/mol. The molecule has 92 valence electrons. The first-order valence-electron chi connectivity index (χ1n) is 5.62. The Kier molecular flexibility index (Phi) is 3.72. The molecule has 0 aliphatic rings. The van der Waals surface area contributed by atoms with Gasteiger partial charge in [-0.25, -0.2) is 4.39 Å². The lowest BCUT2D eigenvalue weighted by atomic mass is 10.0. The van der Waals surface area contributed by atoms with Crippen LogP contribution in [0.3, 0.4) is 0 Å². The molecule has 0 aliphatic carbocycles. The van der Waals surface area contributed by atoms with E-state index in [2.05, 4.69) is 0 Å². The molecule has 0 aliphatic heterocycles. The summed E-state index contributed by atoms with van der Waals surface area (Å²) in [5.74, 6) is -0.757. The molecule has 0 bridgehead atoms. The minimum absolute atomic E-state index is 0.0678. The minimum atomic E-state index is -0.596. The molecule has 0 saturated heterocycles. The van der Waals surface area contributed by atoms with E-state index in [-0.39, 0.29) is 23.5 Å². The van der Waals surface area contributed by atoms with Crippen molar-refractivity contribution in [2.45, 2.75) is 6.42 Å². The van der Waals surface area contributed by atoms with Crippen molar-refractivity contribution in [3.05, 3.63) is 65.5 Å². The smallest absolute Gasteiger partial charge is 0.175 e. The number of carbonyl (C=O) groups is 1. The van der Waals surface area contributed by atoms with Crippen LogP contribution in [0.5, 0.6) is 5.75 Å². The number of carbonyl (C=O) groups excluding carboxylic acids is 1. The molecule has 0 atom stereocenters. The van der Waals surface area contributed by atoms with Gasteiger partial charge in [0.25, 0.3) is 0 Å². The standard InChI is InChI=1S/C15H13FO2/c1-18-14-9-5-8-12(15(14)16)13(17)10-11-6-3-2-4-7-11/h2-9H,10H2,1H3. The highest BCUT2D eigenvalue weighted by Crippen LogP contribution is 2.21. The van der Waals surface area contributed by atoms with Crippen molar-refractivity contribution < 1.29 is 13.9 Å². The summed E-state index contributed by atoms with van der Waals surface area (Å²) in [6.07, 6.45) is 0.185. The van der Waals surface area contributed by atoms with Crippen LogP contribution in [0.2, 0.25) is 0 Å². The third-order valence-electron chi connectivity index (χ3n) is 2.69. The van der Waals surface area contributed by atoms with Crippen molar-refractivity contribution >= 4 is 5.78 Å². The number of ether oxygens (including phenoxy) is 1. The van der Waals surface area contributed by atoms with Crippen molar-refractivity contribution in [1.82, 2.24) is 0 Å². The van der Waals surface area contributed by atoms with Gasteiger partial charge in [0.2, 0.25) is 0 Å². The van der Waals surface area contributed by atoms with Crippen molar-refractivity contribution in [3.8, 4) is 5.75 Å². The fraction of sp³-hybridized carbons (Fsp3) is 0.133. The average molecular weight is 244 g/mol. The van der Waals surface area contributed by atoms with Crippen LogP contribution in [0.25, 0.3) is 0 Å². The lowest BCUT2D eigenvalue weighted by Gasteiger charge is -2.06. The van der Waals surface area contributed by atoms with Crippen LogP contribution in [0, 0.1) is 5.82 Å². The zero-order valence-corrected chi connectivity index (χ0v) is 10.0. The largest absolute Gasteiger partial charge is 0.494 e. The van der Waals surface area contributed by atoms with E-state index < -0.39 is 5.82 Å². The first-order chi connectivity index (χ1) is 8.72. The van der Waals surface area contributed by atoms with Crippen LogP contribution < -0.4 is 4.74 Å². The fourth-order valence-electron chi connectivity index (χ4n) is 1.76. The van der Waals surface area contributed by atoms with E-state index in [1.54, 1.807) is 6.07 Å². The molecule has 0 heterocycles. The molecule has 0 radical (unpaired) electrons. The number of halogens is 1. The fourth-order valence-corrected chi connectivity index (χ4v) is 1.76. The van der Waals surface area contributed by atoms with Gasteiger partial charge in [-0.05, 0) is 17.7 Å². The number of hydrogen-bond donors (Lipinski definition) is 0. The Bertz CT molecular complexity index is 550. The Morgan fingerprint density at radius 1 is 1.11 bits per heavy atom. The second-order valence-corrected chi connectivity index (χ2v) is 3.91. The molecule has 2 nitrogen and oxygen atoms in total. The highest BCUT2D eigenvalue weighted by Gasteiger charge is 2.15. The topological polar surface area (TPSA) is 26.3 Å². The van der Waals surface area contributed by atoms with Gasteiger partial charge in [-0.1, -0.05) is 36.4 Å². The Morgan fingerprint density at radius 2 is 1.83 bits per heavy atom. The molecule has 2 rings (SSSR count). The molecule has 2 aromatic rings. The quantitative estimate of drug-likeness (QED) is 0.772. The Labute approximate surface area is 105 Å². The summed E-state index contributed by atoms with van der Waals surface area (Å²) in [6.45, 7) is 0. The second-order valence-electron chi connectivity index (χ2n) is 3.91. The Hall–Kier alpha value is -2.16. The molecule has 0 amide bonds. The molecule has 0 aromatic heterocycles. The maximum absolute atomic E-state index is 13.9. The number of methoxy groups -OCH3 is 1. The van der Waals surface area contributed by atoms with E-state index >= 15 is 0 Å². The first kappa shape index (κ1) is 12.3. The van der Waals surface area contributed by atoms with Gasteiger partial charge < -0.3 is 4.74 Å². The summed E-state index contributed by atoms with van der Waals surface area (Å²) < 4.78 is 18.7. The lowest BCUT2D eigenvalue weighted by Crippen LogP contribution is -2.07. The van der Waals surface area contributed by atoms with Crippen LogP contribution >= 0.6 is 0 Å². The first-order valence-corrected chi connectivity index (χ1v) is 5.62. The van der Waals surface area contributed by atoms with Gasteiger partial charge >= 0.3 is 0 Å². The summed E-state index contributed by atoms with van der Waals surface area (Å²) in [4.78, 5) is 12.0. The molecule has 0 saturated carbocycles. The van der Waals surface area contributed by atoms with E-state index in [0.29, 0.717) is 0 Å². The summed E-state index contributed by atoms with van der Waals surface area (Å²) in [6, 6.07) is 13.8. The second kappa shape index (κ2) is 5.45. The summed E-state index contributed by atoms with van der Waals surface area (Å²) in [5.41, 5.74) is 0.933. The van der Waals surface area contributed by atoms with Crippen LogP contribution in [-0.4, -0.2) is 12.9 Å². The highest BCUT2D eigenvalue weighted by molar-refractivity contribution is 5.98. The monoisotopic (exact) mass is 244 g/mol. The van der Waals surface area contributed by atoms with Crippen molar-refractivity contribution in [2.24, 2.45) is 0 Å². The van der Waals surface area contributed by atoms with Gasteiger partial charge in [-0.15, -0.1) is 0 Å². The number of benzene rings is 2. The van der Waals surface area contributed by atoms with E-state index in [9.17, 15) is 9.18 Å². The average Bonchev–Trinajstić information content (AvgIpc) is 2.40. The summed E-state index contributed by atoms with van der Waals surface area (Å²) in [5, 5.41) is 0. The van der Waals surface area contributed by atoms with E-state index in [1.165, 1.54) is 19.2 Å². The molecule has 2 aromatic carbocycles. The highest BCUT2D eigenvalue weighted by atomic mass is 19.1. The van der Waals surface area contributed by atoms with E-state index in [1.807, 2.05) is 30.3 Å². The minimum Gasteiger partial charge on any atom is -0.494 e. The molecule has 0 spiro atoms. The van der Waals surface area contributed by atoms with Crippen LogP contribution in [0.1, 0.15) is 15.9 Å². The molecule has 3 heteroatoms. The van der Waals surface area contributed by atoms with Crippen molar-refractivity contribution in [1.29, 1.82) is 0 Å². The van der Waals surface area contributed by atoms with Gasteiger partial charge in [-0.2, -0.15) is 0 Å². The number of hydrogen-bond acceptors (Lipinski definition) is 2. The number of rotatable bonds is 4. The SMILES string of the molecule is COc1cccc(C(=O)Cc2ccccc2)c1F. The van der Waals surface area contributed by atoms with Gasteiger partial charge in [0, 0.05) is 6.42 Å². The molecule has 0 fully saturated rings.